The maximum absolute atomic E-state index is 13.2. The largest absolute Gasteiger partial charge is 0.370 e. The Morgan fingerprint density at radius 2 is 1.59 bits per heavy atom. The minimum Gasteiger partial charge on any atom is -0.370 e. The van der Waals surface area contributed by atoms with Gasteiger partial charge in [0.15, 0.2) is 0 Å². The van der Waals surface area contributed by atoms with E-state index in [0.29, 0.717) is 22.9 Å². The lowest BCUT2D eigenvalue weighted by Gasteiger charge is -2.12. The number of anilines is 4. The molecule has 0 bridgehead atoms. The molecule has 0 aliphatic carbocycles. The van der Waals surface area contributed by atoms with Crippen LogP contribution < -0.4 is 15.4 Å². The third-order valence-corrected chi connectivity index (χ3v) is 5.57. The van der Waals surface area contributed by atoms with Gasteiger partial charge in [0, 0.05) is 24.0 Å². The number of rotatable bonds is 7. The van der Waals surface area contributed by atoms with E-state index in [2.05, 4.69) is 25.3 Å². The molecule has 7 nitrogen and oxygen atoms in total. The molecule has 0 fully saturated rings. The monoisotopic (exact) mass is 415 g/mol. The van der Waals surface area contributed by atoms with Crippen LogP contribution >= 0.6 is 0 Å². The number of hydrogen-bond donors (Lipinski definition) is 3. The third kappa shape index (κ3) is 5.20. The number of nitrogens with zero attached hydrogens (tertiary/aromatic N) is 2. The van der Waals surface area contributed by atoms with Crippen molar-refractivity contribution in [1.82, 2.24) is 9.97 Å². The van der Waals surface area contributed by atoms with Gasteiger partial charge in [0.2, 0.25) is 0 Å². The lowest BCUT2D eigenvalue weighted by molar-refractivity contribution is 0.598. The summed E-state index contributed by atoms with van der Waals surface area (Å²) < 4.78 is 40.9. The zero-order valence-corrected chi connectivity index (χ0v) is 17.1. The van der Waals surface area contributed by atoms with E-state index < -0.39 is 15.8 Å². The minimum absolute atomic E-state index is 0.0357. The Kier molecular flexibility index (Phi) is 5.97. The molecule has 9 heteroatoms. The molecule has 3 aromatic rings. The van der Waals surface area contributed by atoms with Crippen LogP contribution in [-0.4, -0.2) is 24.9 Å². The topological polar surface area (TPSA) is 96.0 Å². The summed E-state index contributed by atoms with van der Waals surface area (Å²) in [7, 11) is -3.82. The van der Waals surface area contributed by atoms with Crippen molar-refractivity contribution in [3.05, 3.63) is 65.7 Å². The average molecular weight is 415 g/mol. The molecule has 0 aliphatic rings. The summed E-state index contributed by atoms with van der Waals surface area (Å²) in [6.45, 7) is 6.09. The van der Waals surface area contributed by atoms with Crippen LogP contribution in [0.25, 0.3) is 0 Å². The number of hydrogen-bond acceptors (Lipinski definition) is 6. The SMILES string of the molecule is CCNc1cc(Nc2ccc(NS(=O)(=O)c3ccc(F)cc3C)cc2)nc(C)n1. The van der Waals surface area contributed by atoms with Gasteiger partial charge >= 0.3 is 0 Å². The first-order chi connectivity index (χ1) is 13.8. The molecule has 1 heterocycles. The maximum atomic E-state index is 13.2. The number of aromatic nitrogens is 2. The first-order valence-electron chi connectivity index (χ1n) is 9.02. The number of sulfonamides is 1. The van der Waals surface area contributed by atoms with Crippen molar-refractivity contribution in [2.75, 3.05) is 21.9 Å². The third-order valence-electron chi connectivity index (χ3n) is 4.03. The second-order valence-electron chi connectivity index (χ2n) is 6.43. The van der Waals surface area contributed by atoms with Gasteiger partial charge in [-0.2, -0.15) is 0 Å². The molecule has 29 heavy (non-hydrogen) atoms. The van der Waals surface area contributed by atoms with Gasteiger partial charge in [-0.25, -0.2) is 22.8 Å². The van der Waals surface area contributed by atoms with Crippen molar-refractivity contribution < 1.29 is 12.8 Å². The first-order valence-corrected chi connectivity index (χ1v) is 10.5. The van der Waals surface area contributed by atoms with E-state index in [-0.39, 0.29) is 4.90 Å². The number of aryl methyl sites for hydroxylation is 2. The van der Waals surface area contributed by atoms with E-state index in [1.54, 1.807) is 44.2 Å². The number of benzene rings is 2. The van der Waals surface area contributed by atoms with Crippen molar-refractivity contribution in [1.29, 1.82) is 0 Å². The predicted molar refractivity (Wildman–Crippen MR) is 113 cm³/mol. The fourth-order valence-corrected chi connectivity index (χ4v) is 4.08. The van der Waals surface area contributed by atoms with Gasteiger partial charge in [-0.1, -0.05) is 0 Å². The molecule has 0 amide bonds. The summed E-state index contributed by atoms with van der Waals surface area (Å²) in [5, 5.41) is 6.31. The lowest BCUT2D eigenvalue weighted by Crippen LogP contribution is -2.14. The summed E-state index contributed by atoms with van der Waals surface area (Å²) in [6, 6.07) is 12.1. The minimum atomic E-state index is -3.82. The van der Waals surface area contributed by atoms with E-state index >= 15 is 0 Å². The zero-order valence-electron chi connectivity index (χ0n) is 16.3. The summed E-state index contributed by atoms with van der Waals surface area (Å²) in [5.74, 6) is 1.50. The van der Waals surface area contributed by atoms with Crippen LogP contribution in [0.3, 0.4) is 0 Å². The smallest absolute Gasteiger partial charge is 0.262 e. The predicted octanol–water partition coefficient (Wildman–Crippen LogP) is 4.21. The molecule has 2 aromatic carbocycles. The van der Waals surface area contributed by atoms with Crippen LogP contribution in [0.15, 0.2) is 53.4 Å². The van der Waals surface area contributed by atoms with E-state index in [0.717, 1.165) is 24.1 Å². The van der Waals surface area contributed by atoms with Crippen LogP contribution in [0, 0.1) is 19.7 Å². The van der Waals surface area contributed by atoms with Gasteiger partial charge < -0.3 is 10.6 Å². The van der Waals surface area contributed by atoms with Gasteiger partial charge in [-0.3, -0.25) is 4.72 Å². The quantitative estimate of drug-likeness (QED) is 0.535. The summed E-state index contributed by atoms with van der Waals surface area (Å²) in [5.41, 5.74) is 1.48. The molecule has 3 rings (SSSR count). The maximum Gasteiger partial charge on any atom is 0.262 e. The van der Waals surface area contributed by atoms with Gasteiger partial charge in [-0.15, -0.1) is 0 Å². The highest BCUT2D eigenvalue weighted by Gasteiger charge is 2.17. The second kappa shape index (κ2) is 8.44. The number of halogens is 1. The molecule has 0 saturated heterocycles. The Hall–Kier alpha value is -3.20. The van der Waals surface area contributed by atoms with Gasteiger partial charge in [0.25, 0.3) is 10.0 Å². The molecule has 1 aromatic heterocycles. The summed E-state index contributed by atoms with van der Waals surface area (Å²) in [6.07, 6.45) is 0. The molecule has 3 N–H and O–H groups in total. The Morgan fingerprint density at radius 3 is 2.24 bits per heavy atom. The number of nitrogens with one attached hydrogen (secondary N) is 3. The van der Waals surface area contributed by atoms with Crippen LogP contribution in [0.5, 0.6) is 0 Å². The van der Waals surface area contributed by atoms with Gasteiger partial charge in [0.1, 0.15) is 23.3 Å². The van der Waals surface area contributed by atoms with Gasteiger partial charge in [0.05, 0.1) is 4.90 Å². The van der Waals surface area contributed by atoms with E-state index in [4.69, 9.17) is 0 Å². The van der Waals surface area contributed by atoms with E-state index in [1.165, 1.54) is 12.1 Å². The molecule has 152 valence electrons. The fourth-order valence-electron chi connectivity index (χ4n) is 2.80. The van der Waals surface area contributed by atoms with E-state index in [1.807, 2.05) is 6.92 Å². The molecule has 0 saturated carbocycles. The van der Waals surface area contributed by atoms with Crippen molar-refractivity contribution in [3.63, 3.8) is 0 Å². The fraction of sp³-hybridized carbons (Fsp3) is 0.200. The molecule has 0 aliphatic heterocycles. The van der Waals surface area contributed by atoms with Crippen LogP contribution in [0.2, 0.25) is 0 Å². The lowest BCUT2D eigenvalue weighted by atomic mass is 10.2. The molecule has 0 radical (unpaired) electrons. The van der Waals surface area contributed by atoms with Crippen LogP contribution in [0.1, 0.15) is 18.3 Å². The van der Waals surface area contributed by atoms with E-state index in [9.17, 15) is 12.8 Å². The average Bonchev–Trinajstić information content (AvgIpc) is 2.62. The molecule has 0 spiro atoms. The highest BCUT2D eigenvalue weighted by Crippen LogP contribution is 2.23. The van der Waals surface area contributed by atoms with Crippen LogP contribution in [0.4, 0.5) is 27.4 Å². The molecule has 0 atom stereocenters. The zero-order chi connectivity index (χ0) is 21.0. The van der Waals surface area contributed by atoms with Gasteiger partial charge in [-0.05, 0) is 68.8 Å². The normalized spacial score (nSPS) is 11.2. The highest BCUT2D eigenvalue weighted by atomic mass is 32.2. The highest BCUT2D eigenvalue weighted by molar-refractivity contribution is 7.92. The van der Waals surface area contributed by atoms with Crippen LogP contribution in [-0.2, 0) is 10.0 Å². The van der Waals surface area contributed by atoms with Crippen molar-refractivity contribution in [3.8, 4) is 0 Å². The summed E-state index contributed by atoms with van der Waals surface area (Å²) in [4.78, 5) is 8.68. The Balaban J connectivity index is 1.75. The van der Waals surface area contributed by atoms with Crippen molar-refractivity contribution in [2.45, 2.75) is 25.7 Å². The first kappa shape index (κ1) is 20.5. The second-order valence-corrected chi connectivity index (χ2v) is 8.08. The standard InChI is InChI=1S/C20H22FN5O2S/c1-4-22-19-12-20(24-14(3)23-19)25-16-6-8-17(9-7-16)26-29(27,28)18-10-5-15(21)11-13(18)2/h5-12,26H,4H2,1-3H3,(H2,22,23,24,25). The Morgan fingerprint density at radius 1 is 0.931 bits per heavy atom. The Bertz CT molecular complexity index is 1120. The summed E-state index contributed by atoms with van der Waals surface area (Å²) >= 11 is 0. The van der Waals surface area contributed by atoms with Crippen molar-refractivity contribution in [2.24, 2.45) is 0 Å². The van der Waals surface area contributed by atoms with Crippen molar-refractivity contribution >= 4 is 33.0 Å². The molecular formula is C20H22FN5O2S. The Labute approximate surface area is 169 Å². The molecular weight excluding hydrogens is 393 g/mol. The molecule has 0 unspecified atom stereocenters.